The molecular formula is C14H25IN2O2. The first-order valence-electron chi connectivity index (χ1n) is 7.39. The van der Waals surface area contributed by atoms with E-state index in [0.717, 1.165) is 19.3 Å². The summed E-state index contributed by atoms with van der Waals surface area (Å²) in [6, 6.07) is 0. The molecule has 0 bridgehead atoms. The van der Waals surface area contributed by atoms with Crippen molar-refractivity contribution < 1.29 is 9.53 Å². The molecule has 1 atom stereocenters. The number of alkyl halides is 1. The Morgan fingerprint density at radius 2 is 1.89 bits per heavy atom. The van der Waals surface area contributed by atoms with E-state index in [0.29, 0.717) is 5.92 Å². The normalized spacial score (nSPS) is 30.7. The number of ether oxygens (including phenoxy) is 1. The Bertz CT molecular complexity index is 400. The summed E-state index contributed by atoms with van der Waals surface area (Å²) >= 11 is -1.12. The molecule has 0 radical (unpaired) electrons. The third-order valence-corrected chi connectivity index (χ3v) is 10.3. The van der Waals surface area contributed by atoms with Crippen LogP contribution in [0.5, 0.6) is 0 Å². The van der Waals surface area contributed by atoms with Crippen molar-refractivity contribution in [2.45, 2.75) is 69.1 Å². The summed E-state index contributed by atoms with van der Waals surface area (Å²) in [5.41, 5.74) is -0.574. The standard InChI is InChI=1S/C14H25IN2O2/c1-5-12(4,14-15(16-14)17-14)11(18)19-13(10(2)3)8-6-7-9-13/h10,16-17H,5-9H2,1-4H3. The first kappa shape index (κ1) is 14.1. The van der Waals surface area contributed by atoms with Crippen LogP contribution in [0.2, 0.25) is 0 Å². The van der Waals surface area contributed by atoms with Gasteiger partial charge in [-0.3, -0.25) is 0 Å². The van der Waals surface area contributed by atoms with Gasteiger partial charge >= 0.3 is 123 Å². The summed E-state index contributed by atoms with van der Waals surface area (Å²) in [7, 11) is 0. The predicted molar refractivity (Wildman–Crippen MR) is 83.5 cm³/mol. The van der Waals surface area contributed by atoms with Gasteiger partial charge in [-0.15, -0.1) is 0 Å². The van der Waals surface area contributed by atoms with Crippen LogP contribution < -0.4 is 7.06 Å². The van der Waals surface area contributed by atoms with Gasteiger partial charge < -0.3 is 0 Å². The first-order valence-corrected chi connectivity index (χ1v) is 10.6. The average Bonchev–Trinajstić information content (AvgIpc) is 3.17. The molecule has 1 saturated carbocycles. The zero-order valence-corrected chi connectivity index (χ0v) is 14.5. The van der Waals surface area contributed by atoms with E-state index >= 15 is 0 Å². The third kappa shape index (κ3) is 1.87. The topological polar surface area (TPSA) is 70.2 Å². The van der Waals surface area contributed by atoms with Crippen molar-refractivity contribution in [1.82, 2.24) is 7.06 Å². The van der Waals surface area contributed by atoms with Crippen molar-refractivity contribution in [3.63, 3.8) is 0 Å². The number of carbonyl (C=O) groups is 1. The first-order chi connectivity index (χ1) is 8.90. The number of carbonyl (C=O) groups excluding carboxylic acids is 1. The summed E-state index contributed by atoms with van der Waals surface area (Å²) in [4.78, 5) is 12.8. The second kappa shape index (κ2) is 4.31. The van der Waals surface area contributed by atoms with Crippen LogP contribution in [0, 0.1) is 11.3 Å². The Kier molecular flexibility index (Phi) is 3.19. The van der Waals surface area contributed by atoms with Crippen LogP contribution in [0.4, 0.5) is 0 Å². The molecule has 1 unspecified atom stereocenters. The van der Waals surface area contributed by atoms with Crippen LogP contribution in [0.1, 0.15) is 59.8 Å². The zero-order chi connectivity index (χ0) is 13.9. The molecule has 2 aliphatic heterocycles. The van der Waals surface area contributed by atoms with E-state index in [1.54, 1.807) is 0 Å². The van der Waals surface area contributed by atoms with Gasteiger partial charge in [-0.2, -0.15) is 0 Å². The zero-order valence-electron chi connectivity index (χ0n) is 12.3. The Labute approximate surface area is 123 Å². The number of hydrogen-bond acceptors (Lipinski definition) is 4. The number of nitrogens with one attached hydrogen (secondary N) is 2. The Morgan fingerprint density at radius 3 is 2.26 bits per heavy atom. The molecule has 0 spiro atoms. The van der Waals surface area contributed by atoms with Crippen LogP contribution in [0.3, 0.4) is 0 Å². The van der Waals surface area contributed by atoms with E-state index in [-0.39, 0.29) is 20.7 Å². The van der Waals surface area contributed by atoms with Crippen LogP contribution in [-0.4, -0.2) is 15.2 Å². The molecule has 0 aromatic carbocycles. The van der Waals surface area contributed by atoms with Crippen molar-refractivity contribution in [1.29, 1.82) is 0 Å². The molecule has 3 aliphatic rings. The SMILES string of the molecule is CCC(C)(C(=O)OC1(C(C)C)CCCC1)C12NI1N2. The monoisotopic (exact) mass is 380 g/mol. The van der Waals surface area contributed by atoms with Gasteiger partial charge in [-0.25, -0.2) is 0 Å². The average molecular weight is 380 g/mol. The Hall–Kier alpha value is 0.120. The molecule has 0 amide bonds. The fourth-order valence-corrected chi connectivity index (χ4v) is 8.87. The molecule has 5 heteroatoms. The van der Waals surface area contributed by atoms with Gasteiger partial charge in [0, 0.05) is 0 Å². The van der Waals surface area contributed by atoms with Crippen LogP contribution in [0.15, 0.2) is 0 Å². The quantitative estimate of drug-likeness (QED) is 0.192. The fraction of sp³-hybridized carbons (Fsp3) is 0.929. The molecule has 2 N–H and O–H groups in total. The van der Waals surface area contributed by atoms with Crippen LogP contribution >= 0.6 is 20.4 Å². The van der Waals surface area contributed by atoms with E-state index in [2.05, 4.69) is 34.8 Å². The molecule has 3 rings (SSSR count). The summed E-state index contributed by atoms with van der Waals surface area (Å²) < 4.78 is 13.1. The molecule has 3 fully saturated rings. The van der Waals surface area contributed by atoms with Crippen molar-refractivity contribution in [2.75, 3.05) is 0 Å². The minimum absolute atomic E-state index is 0.000469. The van der Waals surface area contributed by atoms with Gasteiger partial charge in [0.15, 0.2) is 0 Å². The van der Waals surface area contributed by atoms with Crippen LogP contribution in [0.25, 0.3) is 0 Å². The maximum absolute atomic E-state index is 12.8. The molecule has 2 heterocycles. The molecule has 2 saturated heterocycles. The molecule has 1 aliphatic carbocycles. The van der Waals surface area contributed by atoms with Crippen molar-refractivity contribution in [2.24, 2.45) is 11.3 Å². The number of rotatable bonds is 5. The Balaban J connectivity index is 1.76. The van der Waals surface area contributed by atoms with E-state index in [1.165, 1.54) is 12.8 Å². The van der Waals surface area contributed by atoms with E-state index in [1.807, 2.05) is 0 Å². The minimum atomic E-state index is -1.12. The summed E-state index contributed by atoms with van der Waals surface area (Å²) in [6.45, 7) is 8.54. The second-order valence-corrected chi connectivity index (χ2v) is 10.9. The van der Waals surface area contributed by atoms with Crippen molar-refractivity contribution in [3.8, 4) is 0 Å². The summed E-state index contributed by atoms with van der Waals surface area (Å²) in [5.74, 6) is 0.425. The van der Waals surface area contributed by atoms with E-state index < -0.39 is 20.4 Å². The van der Waals surface area contributed by atoms with Gasteiger partial charge in [0.05, 0.1) is 0 Å². The molecule has 0 aromatic rings. The number of halogens is 1. The number of fused-ring (bicyclic) bond motifs is 1. The maximum atomic E-state index is 12.8. The fourth-order valence-electron chi connectivity index (χ4n) is 3.24. The molecule has 19 heavy (non-hydrogen) atoms. The molecular weight excluding hydrogens is 355 g/mol. The Morgan fingerprint density at radius 1 is 1.37 bits per heavy atom. The second-order valence-electron chi connectivity index (χ2n) is 6.63. The third-order valence-electron chi connectivity index (χ3n) is 5.38. The number of esters is 1. The van der Waals surface area contributed by atoms with Crippen LogP contribution in [-0.2, 0) is 9.53 Å². The van der Waals surface area contributed by atoms with Crippen molar-refractivity contribution in [3.05, 3.63) is 0 Å². The number of hydrogen-bond donors (Lipinski definition) is 2. The van der Waals surface area contributed by atoms with E-state index in [9.17, 15) is 4.79 Å². The van der Waals surface area contributed by atoms with E-state index in [4.69, 9.17) is 4.74 Å². The van der Waals surface area contributed by atoms with Gasteiger partial charge in [0.1, 0.15) is 0 Å². The van der Waals surface area contributed by atoms with Gasteiger partial charge in [0.25, 0.3) is 0 Å². The van der Waals surface area contributed by atoms with Gasteiger partial charge in [0.2, 0.25) is 0 Å². The van der Waals surface area contributed by atoms with Gasteiger partial charge in [-0.05, 0) is 0 Å². The molecule has 4 nitrogen and oxygen atoms in total. The van der Waals surface area contributed by atoms with Gasteiger partial charge in [-0.1, -0.05) is 0 Å². The summed E-state index contributed by atoms with van der Waals surface area (Å²) in [5, 5.41) is 0. The van der Waals surface area contributed by atoms with Crippen molar-refractivity contribution >= 4 is 26.3 Å². The summed E-state index contributed by atoms with van der Waals surface area (Å²) in [6.07, 6.45) is 5.29. The molecule has 110 valence electrons. The predicted octanol–water partition coefficient (Wildman–Crippen LogP) is 3.11. The molecule has 0 aromatic heterocycles.